The number of carbonyl (C=O) groups is 9. The van der Waals surface area contributed by atoms with E-state index in [1.165, 1.54) is 32.5 Å². The third kappa shape index (κ3) is 22.6. The summed E-state index contributed by atoms with van der Waals surface area (Å²) in [4.78, 5) is 120. The number of amides is 8. The number of nitrogens with two attached hydrogens (primary N) is 1. The molecule has 0 aromatic rings. The van der Waals surface area contributed by atoms with E-state index in [1.54, 1.807) is 61.6 Å². The molecule has 1 fully saturated rings. The topological polar surface area (TPSA) is 416 Å². The first-order valence-electron chi connectivity index (χ1n) is 24.9. The Morgan fingerprint density at radius 1 is 0.595 bits per heavy atom. The monoisotopic (exact) mass is 1080 g/mol. The van der Waals surface area contributed by atoms with Gasteiger partial charge in [0.1, 0.15) is 72.8 Å². The number of carboxylic acid groups (broad SMARTS) is 1. The highest BCUT2D eigenvalue weighted by atomic mass is 32.2. The Kier molecular flexibility index (Phi) is 29.7. The lowest BCUT2D eigenvalue weighted by atomic mass is 9.98. The number of ether oxygens (including phenoxy) is 2. The minimum absolute atomic E-state index is 0.00195. The second kappa shape index (κ2) is 32.6. The largest absolute Gasteiger partial charge is 0.480 e. The molecular formula is C47H85N9O17S. The molecule has 0 radical (unpaired) electrons. The highest BCUT2D eigenvalue weighted by molar-refractivity contribution is 7.98. The zero-order valence-electron chi connectivity index (χ0n) is 44.6. The number of carbonyl (C=O) groups excluding carboxylic acids is 8. The molecule has 1 aliphatic heterocycles. The smallest absolute Gasteiger partial charge is 0.326 e. The van der Waals surface area contributed by atoms with Crippen LogP contribution in [0.25, 0.3) is 0 Å². The van der Waals surface area contributed by atoms with Gasteiger partial charge in [0.2, 0.25) is 47.3 Å². The number of hydrogen-bond acceptors (Lipinski definition) is 18. The van der Waals surface area contributed by atoms with Crippen molar-refractivity contribution in [1.29, 1.82) is 0 Å². The summed E-state index contributed by atoms with van der Waals surface area (Å²) >= 11 is 1.32. The Bertz CT molecular complexity index is 1860. The second-order valence-electron chi connectivity index (χ2n) is 20.3. The molecule has 15 atom stereocenters. The summed E-state index contributed by atoms with van der Waals surface area (Å²) in [6.07, 6.45) is -9.52. The van der Waals surface area contributed by atoms with E-state index in [0.717, 1.165) is 0 Å². The fraction of sp³-hybridized carbons (Fsp3) is 0.809. The van der Waals surface area contributed by atoms with E-state index in [4.69, 9.17) is 15.2 Å². The number of aliphatic hydroxyl groups excluding tert-OH is 5. The summed E-state index contributed by atoms with van der Waals surface area (Å²) in [5, 5.41) is 80.9. The first-order valence-corrected chi connectivity index (χ1v) is 26.3. The third-order valence-corrected chi connectivity index (χ3v) is 12.4. The van der Waals surface area contributed by atoms with Crippen molar-refractivity contribution in [2.45, 2.75) is 193 Å². The fourth-order valence-corrected chi connectivity index (χ4v) is 7.94. The van der Waals surface area contributed by atoms with E-state index in [0.29, 0.717) is 5.75 Å². The van der Waals surface area contributed by atoms with Crippen LogP contribution in [-0.4, -0.2) is 200 Å². The van der Waals surface area contributed by atoms with Gasteiger partial charge < -0.3 is 88.4 Å². The fourth-order valence-electron chi connectivity index (χ4n) is 7.47. The van der Waals surface area contributed by atoms with Gasteiger partial charge in [-0.2, -0.15) is 11.8 Å². The average molecular weight is 1080 g/mol. The molecule has 0 aliphatic carbocycles. The van der Waals surface area contributed by atoms with Gasteiger partial charge in [0, 0.05) is 0 Å². The Labute approximate surface area is 437 Å². The molecule has 0 aromatic carbocycles. The molecule has 26 nitrogen and oxygen atoms in total. The Hall–Kier alpha value is -4.74. The van der Waals surface area contributed by atoms with Gasteiger partial charge in [0.05, 0.1) is 25.4 Å². The van der Waals surface area contributed by atoms with Crippen LogP contribution >= 0.6 is 11.8 Å². The molecule has 0 spiro atoms. The van der Waals surface area contributed by atoms with Crippen molar-refractivity contribution in [3.63, 3.8) is 0 Å². The van der Waals surface area contributed by atoms with Crippen LogP contribution in [0, 0.1) is 23.7 Å². The molecule has 74 heavy (non-hydrogen) atoms. The van der Waals surface area contributed by atoms with Crippen LogP contribution in [-0.2, 0) is 52.6 Å². The van der Waals surface area contributed by atoms with Crippen LogP contribution in [0.3, 0.4) is 0 Å². The lowest BCUT2D eigenvalue weighted by Crippen LogP contribution is -2.64. The van der Waals surface area contributed by atoms with E-state index in [9.17, 15) is 73.8 Å². The maximum Gasteiger partial charge on any atom is 0.326 e. The van der Waals surface area contributed by atoms with Gasteiger partial charge in [-0.25, -0.2) is 4.79 Å². The summed E-state index contributed by atoms with van der Waals surface area (Å²) in [5.74, 6) is -8.89. The van der Waals surface area contributed by atoms with Crippen LogP contribution in [0.1, 0.15) is 102 Å². The van der Waals surface area contributed by atoms with Crippen molar-refractivity contribution in [3.8, 4) is 0 Å². The van der Waals surface area contributed by atoms with Gasteiger partial charge in [-0.1, -0.05) is 55.4 Å². The maximum absolute atomic E-state index is 14.4. The van der Waals surface area contributed by atoms with Crippen LogP contribution in [0.4, 0.5) is 0 Å². The number of carboxylic acids is 1. The molecular weight excluding hydrogens is 995 g/mol. The van der Waals surface area contributed by atoms with E-state index in [1.807, 2.05) is 0 Å². The molecule has 1 aliphatic rings. The van der Waals surface area contributed by atoms with E-state index >= 15 is 0 Å². The van der Waals surface area contributed by atoms with Gasteiger partial charge in [-0.05, 0) is 82.1 Å². The molecule has 426 valence electrons. The molecule has 0 aromatic heterocycles. The standard InChI is InChI=1S/C47H85N9O17S/c1-20(2)15-28(51-32(59)18-49-39(63)24(9)50-41(65)29(16-21(3)4)54-44(68)33(48)25(10)58)42(66)53-30(17-22(5)6)43(67)56-35(26(11)72-47-38(62)37(61)36(60)31(19-57)73-47)45(69)52-27(13-14-74-12)40(64)55-34(23(7)8)46(70)71/h20-31,33-38,47,57-58,60-62H,13-19,48H2,1-12H3,(H,49,63)(H,50,65)(H,51,59)(H,52,69)(H,53,66)(H,54,68)(H,55,64)(H,56,67)(H,70,71)/t24-,25+,26+,27-,28-,29-,30-,31+,33-,34-,35-,36+,37-,38+,47+/m0/s1. The SMILES string of the molecule is CSCC[C@H](NC(=O)[C@@H](NC(=O)[C@H](CC(C)C)NC(=O)[C@H](CC(C)C)NC(=O)CNC(=O)[C@H](C)NC(=O)[C@H](CC(C)C)NC(=O)[C@@H](N)[C@@H](C)O)[C@@H](C)O[C@@H]1O[C@H](CO)[C@@H](O)[C@H](O)[C@H]1O)C(=O)N[C@H](C(=O)O)C(C)C. The quantitative estimate of drug-likeness (QED) is 0.0306. The molecule has 1 saturated heterocycles. The zero-order valence-corrected chi connectivity index (χ0v) is 45.4. The van der Waals surface area contributed by atoms with Gasteiger partial charge in [0.25, 0.3) is 0 Å². The normalized spacial score (nSPS) is 21.9. The molecule has 16 N–H and O–H groups in total. The highest BCUT2D eigenvalue weighted by Gasteiger charge is 2.46. The van der Waals surface area contributed by atoms with Gasteiger partial charge in [-0.15, -0.1) is 0 Å². The summed E-state index contributed by atoms with van der Waals surface area (Å²) < 4.78 is 11.3. The minimum atomic E-state index is -1.92. The van der Waals surface area contributed by atoms with E-state index in [2.05, 4.69) is 42.5 Å². The van der Waals surface area contributed by atoms with Crippen molar-refractivity contribution in [3.05, 3.63) is 0 Å². The Balaban J connectivity index is 3.44. The van der Waals surface area contributed by atoms with E-state index in [-0.39, 0.29) is 43.4 Å². The summed E-state index contributed by atoms with van der Waals surface area (Å²) in [7, 11) is 0. The lowest BCUT2D eigenvalue weighted by molar-refractivity contribution is -0.311. The van der Waals surface area contributed by atoms with Crippen molar-refractivity contribution < 1.29 is 83.3 Å². The second-order valence-corrected chi connectivity index (χ2v) is 21.3. The predicted molar refractivity (Wildman–Crippen MR) is 270 cm³/mol. The van der Waals surface area contributed by atoms with Crippen LogP contribution < -0.4 is 48.3 Å². The number of hydrogen-bond donors (Lipinski definition) is 15. The number of aliphatic hydroxyl groups is 5. The van der Waals surface area contributed by atoms with Crippen LogP contribution in [0.15, 0.2) is 0 Å². The van der Waals surface area contributed by atoms with Crippen molar-refractivity contribution in [1.82, 2.24) is 42.5 Å². The molecule has 0 saturated carbocycles. The zero-order chi connectivity index (χ0) is 56.9. The molecule has 8 amide bonds. The van der Waals surface area contributed by atoms with Gasteiger partial charge in [-0.3, -0.25) is 38.4 Å². The maximum atomic E-state index is 14.4. The predicted octanol–water partition coefficient (Wildman–Crippen LogP) is -3.94. The molecule has 27 heteroatoms. The number of rotatable bonds is 32. The van der Waals surface area contributed by atoms with Gasteiger partial charge >= 0.3 is 5.97 Å². The van der Waals surface area contributed by atoms with Crippen molar-refractivity contribution in [2.75, 3.05) is 25.2 Å². The van der Waals surface area contributed by atoms with Crippen molar-refractivity contribution >= 4 is 65.0 Å². The van der Waals surface area contributed by atoms with E-state index < -0.39 is 164 Å². The number of nitrogens with one attached hydrogen (secondary N) is 8. The minimum Gasteiger partial charge on any atom is -0.480 e. The lowest BCUT2D eigenvalue weighted by Gasteiger charge is -2.41. The highest BCUT2D eigenvalue weighted by Crippen LogP contribution is 2.24. The molecule has 0 bridgehead atoms. The first-order chi connectivity index (χ1) is 34.4. The first kappa shape index (κ1) is 67.3. The van der Waals surface area contributed by atoms with Crippen LogP contribution in [0.5, 0.6) is 0 Å². The third-order valence-electron chi connectivity index (χ3n) is 11.8. The number of thioether (sulfide) groups is 1. The van der Waals surface area contributed by atoms with Crippen LogP contribution in [0.2, 0.25) is 0 Å². The molecule has 1 heterocycles. The Morgan fingerprint density at radius 2 is 1.05 bits per heavy atom. The summed E-state index contributed by atoms with van der Waals surface area (Å²) in [6, 6.07) is -10.8. The number of aliphatic carboxylic acids is 1. The Morgan fingerprint density at radius 3 is 1.53 bits per heavy atom. The summed E-state index contributed by atoms with van der Waals surface area (Å²) in [6.45, 7) is 16.2. The average Bonchev–Trinajstić information content (AvgIpc) is 3.30. The van der Waals surface area contributed by atoms with Gasteiger partial charge in [0.15, 0.2) is 6.29 Å². The molecule has 0 unspecified atom stereocenters. The van der Waals surface area contributed by atoms with Crippen molar-refractivity contribution in [2.24, 2.45) is 29.4 Å². The molecule has 1 rings (SSSR count). The summed E-state index contributed by atoms with van der Waals surface area (Å²) in [5.41, 5.74) is 5.72.